The molecule has 0 saturated carbocycles. The molecule has 0 radical (unpaired) electrons. The number of hydrogen-bond acceptors (Lipinski definition) is 5. The number of aliphatic hydroxyl groups excluding tert-OH is 1. The summed E-state index contributed by atoms with van der Waals surface area (Å²) in [6.45, 7) is 4.96. The van der Waals surface area contributed by atoms with Gasteiger partial charge in [-0.05, 0) is 6.92 Å². The lowest BCUT2D eigenvalue weighted by molar-refractivity contribution is -0.141. The van der Waals surface area contributed by atoms with E-state index in [1.54, 1.807) is 0 Å². The summed E-state index contributed by atoms with van der Waals surface area (Å²) >= 11 is 5.84. The lowest BCUT2D eigenvalue weighted by Gasteiger charge is -2.17. The number of carboxylic acid groups (broad SMARTS) is 1. The second-order valence-corrected chi connectivity index (χ2v) is 5.02. The molecule has 8 heteroatoms. The van der Waals surface area contributed by atoms with Gasteiger partial charge in [-0.2, -0.15) is 0 Å². The van der Waals surface area contributed by atoms with Gasteiger partial charge >= 0.3 is 5.97 Å². The van der Waals surface area contributed by atoms with Gasteiger partial charge in [-0.25, -0.2) is 14.8 Å². The van der Waals surface area contributed by atoms with Crippen LogP contribution in [0.15, 0.2) is 6.20 Å². The molecule has 1 heterocycles. The van der Waals surface area contributed by atoms with Crippen molar-refractivity contribution in [1.82, 2.24) is 15.3 Å². The molecule has 110 valence electrons. The number of carbonyl (C=O) groups excluding carboxylic acids is 1. The van der Waals surface area contributed by atoms with E-state index < -0.39 is 24.0 Å². The maximum absolute atomic E-state index is 12.0. The number of halogens is 1. The molecule has 3 N–H and O–H groups in total. The second kappa shape index (κ2) is 6.62. The summed E-state index contributed by atoms with van der Waals surface area (Å²) in [5.41, 5.74) is -0.114. The molecular weight excluding hydrogens is 286 g/mol. The molecular formula is C12H16ClN3O4. The Bertz CT molecular complexity index is 519. The highest BCUT2D eigenvalue weighted by Crippen LogP contribution is 2.16. The van der Waals surface area contributed by atoms with Crippen molar-refractivity contribution in [1.29, 1.82) is 0 Å². The summed E-state index contributed by atoms with van der Waals surface area (Å²) in [6, 6.07) is -1.43. The molecule has 0 saturated heterocycles. The molecule has 1 amide bonds. The Morgan fingerprint density at radius 1 is 1.35 bits per heavy atom. The van der Waals surface area contributed by atoms with Crippen molar-refractivity contribution in [2.75, 3.05) is 0 Å². The number of nitrogens with zero attached hydrogens (tertiary/aromatic N) is 2. The Balaban J connectivity index is 3.02. The fraction of sp³-hybridized carbons (Fsp3) is 0.500. The van der Waals surface area contributed by atoms with Gasteiger partial charge in [0.2, 0.25) is 0 Å². The summed E-state index contributed by atoms with van der Waals surface area (Å²) < 4.78 is 0. The van der Waals surface area contributed by atoms with E-state index in [4.69, 9.17) is 16.7 Å². The zero-order chi connectivity index (χ0) is 15.4. The van der Waals surface area contributed by atoms with E-state index in [2.05, 4.69) is 15.3 Å². The second-order valence-electron chi connectivity index (χ2n) is 4.61. The summed E-state index contributed by atoms with van der Waals surface area (Å²) in [4.78, 5) is 30.9. The average Bonchev–Trinajstić information content (AvgIpc) is 2.34. The molecule has 1 aromatic rings. The molecule has 0 aliphatic carbocycles. The van der Waals surface area contributed by atoms with E-state index in [1.807, 2.05) is 13.8 Å². The average molecular weight is 302 g/mol. The van der Waals surface area contributed by atoms with Crippen LogP contribution in [0.1, 0.15) is 43.0 Å². The topological polar surface area (TPSA) is 112 Å². The van der Waals surface area contributed by atoms with Crippen LogP contribution in [0.5, 0.6) is 0 Å². The summed E-state index contributed by atoms with van der Waals surface area (Å²) in [7, 11) is 0. The number of carboxylic acids is 1. The van der Waals surface area contributed by atoms with Crippen LogP contribution in [0, 0.1) is 0 Å². The Labute approximate surface area is 121 Å². The van der Waals surface area contributed by atoms with E-state index >= 15 is 0 Å². The standard InChI is InChI=1S/C12H16ClN3O4/c1-5(2)10-14-4-7(13)9(15-10)11(18)16-8(6(3)17)12(19)20/h4-6,8,17H,1-3H3,(H,16,18)(H,19,20)/t6-,8+/m1/s1. The van der Waals surface area contributed by atoms with E-state index in [1.165, 1.54) is 13.1 Å². The number of rotatable bonds is 5. The highest BCUT2D eigenvalue weighted by Gasteiger charge is 2.27. The normalized spacial score (nSPS) is 13.9. The first-order chi connectivity index (χ1) is 9.23. The molecule has 0 aromatic carbocycles. The Morgan fingerprint density at radius 2 is 1.95 bits per heavy atom. The van der Waals surface area contributed by atoms with Gasteiger partial charge in [-0.15, -0.1) is 0 Å². The Morgan fingerprint density at radius 3 is 2.40 bits per heavy atom. The Hall–Kier alpha value is -1.73. The van der Waals surface area contributed by atoms with Crippen LogP contribution in [0.2, 0.25) is 5.02 Å². The molecule has 2 atom stereocenters. The predicted molar refractivity (Wildman–Crippen MR) is 71.7 cm³/mol. The van der Waals surface area contributed by atoms with Gasteiger partial charge in [0.25, 0.3) is 5.91 Å². The maximum Gasteiger partial charge on any atom is 0.328 e. The van der Waals surface area contributed by atoms with Gasteiger partial charge in [0, 0.05) is 5.92 Å². The third kappa shape index (κ3) is 3.88. The molecule has 20 heavy (non-hydrogen) atoms. The molecule has 1 aromatic heterocycles. The van der Waals surface area contributed by atoms with Crippen molar-refractivity contribution >= 4 is 23.5 Å². The number of aliphatic carboxylic acids is 1. The smallest absolute Gasteiger partial charge is 0.328 e. The third-order valence-corrected chi connectivity index (χ3v) is 2.81. The molecule has 0 aliphatic rings. The van der Waals surface area contributed by atoms with Crippen molar-refractivity contribution in [2.24, 2.45) is 0 Å². The van der Waals surface area contributed by atoms with Gasteiger partial charge in [-0.1, -0.05) is 25.4 Å². The molecule has 1 rings (SSSR count). The zero-order valence-electron chi connectivity index (χ0n) is 11.3. The van der Waals surface area contributed by atoms with Crippen LogP contribution < -0.4 is 5.32 Å². The van der Waals surface area contributed by atoms with Gasteiger partial charge in [0.15, 0.2) is 6.04 Å². The zero-order valence-corrected chi connectivity index (χ0v) is 12.0. The van der Waals surface area contributed by atoms with Crippen LogP contribution in [-0.2, 0) is 4.79 Å². The minimum Gasteiger partial charge on any atom is -0.480 e. The van der Waals surface area contributed by atoms with Gasteiger partial charge in [0.05, 0.1) is 17.3 Å². The van der Waals surface area contributed by atoms with Crippen molar-refractivity contribution in [2.45, 2.75) is 38.8 Å². The quantitative estimate of drug-likeness (QED) is 0.742. The molecule has 0 unspecified atom stereocenters. The highest BCUT2D eigenvalue weighted by atomic mass is 35.5. The molecule has 0 spiro atoms. The molecule has 0 aliphatic heterocycles. The van der Waals surface area contributed by atoms with Crippen LogP contribution in [0.4, 0.5) is 0 Å². The highest BCUT2D eigenvalue weighted by molar-refractivity contribution is 6.33. The summed E-state index contributed by atoms with van der Waals surface area (Å²) in [5, 5.41) is 20.4. The van der Waals surface area contributed by atoms with E-state index in [0.717, 1.165) is 0 Å². The lowest BCUT2D eigenvalue weighted by atomic mass is 10.1. The minimum atomic E-state index is -1.43. The van der Waals surface area contributed by atoms with Crippen LogP contribution >= 0.6 is 11.6 Å². The third-order valence-electron chi connectivity index (χ3n) is 2.53. The van der Waals surface area contributed by atoms with Crippen LogP contribution in [-0.4, -0.2) is 44.2 Å². The summed E-state index contributed by atoms with van der Waals surface area (Å²) in [5.74, 6) is -1.70. The molecule has 0 fully saturated rings. The number of aliphatic hydroxyl groups is 1. The lowest BCUT2D eigenvalue weighted by Crippen LogP contribution is -2.47. The number of hydrogen-bond donors (Lipinski definition) is 3. The van der Waals surface area contributed by atoms with Crippen molar-refractivity contribution in [3.05, 3.63) is 22.7 Å². The van der Waals surface area contributed by atoms with Gasteiger partial charge < -0.3 is 15.5 Å². The largest absolute Gasteiger partial charge is 0.480 e. The van der Waals surface area contributed by atoms with Crippen LogP contribution in [0.25, 0.3) is 0 Å². The first-order valence-electron chi connectivity index (χ1n) is 5.98. The van der Waals surface area contributed by atoms with E-state index in [0.29, 0.717) is 5.82 Å². The fourth-order valence-electron chi connectivity index (χ4n) is 1.42. The first kappa shape index (κ1) is 16.3. The minimum absolute atomic E-state index is 0.00847. The number of amides is 1. The fourth-order valence-corrected chi connectivity index (χ4v) is 1.59. The van der Waals surface area contributed by atoms with Crippen molar-refractivity contribution in [3.63, 3.8) is 0 Å². The molecule has 7 nitrogen and oxygen atoms in total. The number of carbonyl (C=O) groups is 2. The van der Waals surface area contributed by atoms with Gasteiger partial charge in [0.1, 0.15) is 11.5 Å². The Kier molecular flexibility index (Phi) is 5.41. The van der Waals surface area contributed by atoms with Crippen molar-refractivity contribution in [3.8, 4) is 0 Å². The first-order valence-corrected chi connectivity index (χ1v) is 6.36. The monoisotopic (exact) mass is 301 g/mol. The summed E-state index contributed by atoms with van der Waals surface area (Å²) in [6.07, 6.45) is 0.0402. The predicted octanol–water partition coefficient (Wildman–Crippen LogP) is 0.817. The maximum atomic E-state index is 12.0. The van der Waals surface area contributed by atoms with E-state index in [-0.39, 0.29) is 16.6 Å². The van der Waals surface area contributed by atoms with Gasteiger partial charge in [-0.3, -0.25) is 4.79 Å². The SMILES string of the molecule is CC(C)c1ncc(Cl)c(C(=O)N[C@H](C(=O)O)[C@@H](C)O)n1. The van der Waals surface area contributed by atoms with E-state index in [9.17, 15) is 14.7 Å². The number of aromatic nitrogens is 2. The molecule has 0 bridgehead atoms. The van der Waals surface area contributed by atoms with Crippen LogP contribution in [0.3, 0.4) is 0 Å². The number of nitrogens with one attached hydrogen (secondary N) is 1. The van der Waals surface area contributed by atoms with Crippen molar-refractivity contribution < 1.29 is 19.8 Å².